The van der Waals surface area contributed by atoms with Crippen LogP contribution in [0.5, 0.6) is 0 Å². The zero-order valence-corrected chi connectivity index (χ0v) is 23.1. The quantitative estimate of drug-likeness (QED) is 0.143. The number of hydrogen-bond acceptors (Lipinski definition) is 7. The maximum atomic E-state index is 14.7. The number of nitrogens with zero attached hydrogens (tertiary/aromatic N) is 3. The standard InChI is InChI=1S/C28H43FN6S/c1-6-9-11-16-25(29)22(4)33-21-35(23(13-8-3)14-10-7-2)27-26(30-5)20-32-28(34-27)31-18-17-24-15-12-19-36-24/h6,9,11-12,15,19-20,23,30,33H,1,7-8,10,13-14,16-18,21H2,2-5H3,(H,31,32,34)/b11-9?,25-22-. The summed E-state index contributed by atoms with van der Waals surface area (Å²) in [7, 11) is 1.88. The van der Waals surface area contributed by atoms with Gasteiger partial charge in [-0.1, -0.05) is 64.0 Å². The number of allylic oxidation sites excluding steroid dienone is 5. The van der Waals surface area contributed by atoms with Gasteiger partial charge in [-0.05, 0) is 37.6 Å². The van der Waals surface area contributed by atoms with Crippen LogP contribution in [0.2, 0.25) is 0 Å². The summed E-state index contributed by atoms with van der Waals surface area (Å²) in [5.41, 5.74) is 1.39. The van der Waals surface area contributed by atoms with Crippen LogP contribution in [0, 0.1) is 0 Å². The molecule has 0 saturated carbocycles. The lowest BCUT2D eigenvalue weighted by atomic mass is 10.0. The van der Waals surface area contributed by atoms with E-state index in [0.29, 0.717) is 18.3 Å². The molecule has 2 heterocycles. The van der Waals surface area contributed by atoms with E-state index < -0.39 is 0 Å². The van der Waals surface area contributed by atoms with Gasteiger partial charge < -0.3 is 20.9 Å². The molecule has 0 spiro atoms. The average molecular weight is 515 g/mol. The average Bonchev–Trinajstić information content (AvgIpc) is 3.41. The van der Waals surface area contributed by atoms with Gasteiger partial charge in [-0.25, -0.2) is 9.37 Å². The summed E-state index contributed by atoms with van der Waals surface area (Å²) in [6, 6.07) is 4.49. The molecular weight excluding hydrogens is 471 g/mol. The van der Waals surface area contributed by atoms with Crippen molar-refractivity contribution in [1.29, 1.82) is 0 Å². The summed E-state index contributed by atoms with van der Waals surface area (Å²) in [5, 5.41) is 12.0. The fourth-order valence-electron chi connectivity index (χ4n) is 3.93. The highest BCUT2D eigenvalue weighted by atomic mass is 32.1. The Morgan fingerprint density at radius 3 is 2.78 bits per heavy atom. The monoisotopic (exact) mass is 514 g/mol. The Bertz CT molecular complexity index is 957. The van der Waals surface area contributed by atoms with E-state index in [9.17, 15) is 4.39 Å². The van der Waals surface area contributed by atoms with Crippen molar-refractivity contribution in [3.05, 3.63) is 64.9 Å². The smallest absolute Gasteiger partial charge is 0.224 e. The van der Waals surface area contributed by atoms with Crippen LogP contribution < -0.4 is 20.9 Å². The minimum absolute atomic E-state index is 0.180. The molecule has 198 valence electrons. The Kier molecular flexibility index (Phi) is 13.7. The van der Waals surface area contributed by atoms with Gasteiger partial charge >= 0.3 is 0 Å². The zero-order chi connectivity index (χ0) is 26.2. The van der Waals surface area contributed by atoms with Crippen LogP contribution in [0.25, 0.3) is 0 Å². The molecule has 0 radical (unpaired) electrons. The second-order valence-electron chi connectivity index (χ2n) is 8.72. The third kappa shape index (κ3) is 9.64. The second-order valence-corrected chi connectivity index (χ2v) is 9.76. The van der Waals surface area contributed by atoms with E-state index in [1.165, 1.54) is 4.88 Å². The Balaban J connectivity index is 2.29. The van der Waals surface area contributed by atoms with Crippen molar-refractivity contribution >= 4 is 28.8 Å². The summed E-state index contributed by atoms with van der Waals surface area (Å²) in [5.74, 6) is 1.25. The predicted molar refractivity (Wildman–Crippen MR) is 155 cm³/mol. The van der Waals surface area contributed by atoms with E-state index in [1.54, 1.807) is 36.5 Å². The largest absolute Gasteiger partial charge is 0.384 e. The van der Waals surface area contributed by atoms with Crippen molar-refractivity contribution in [2.45, 2.75) is 71.8 Å². The molecule has 2 rings (SSSR count). The van der Waals surface area contributed by atoms with Crippen LogP contribution in [0.15, 0.2) is 60.0 Å². The number of unbranched alkanes of at least 4 members (excludes halogenated alkanes) is 1. The summed E-state index contributed by atoms with van der Waals surface area (Å²) in [6.45, 7) is 11.1. The minimum atomic E-state index is -0.180. The molecule has 1 atom stereocenters. The molecule has 0 bridgehead atoms. The molecule has 2 aromatic heterocycles. The van der Waals surface area contributed by atoms with E-state index in [2.05, 4.69) is 63.8 Å². The SMILES string of the molecule is C=CC=CC/C(F)=C(\C)NCN(c1nc(NCCc2cccs2)ncc1NC)C(CCC)CCCC. The van der Waals surface area contributed by atoms with Crippen molar-refractivity contribution in [3.63, 3.8) is 0 Å². The first kappa shape index (κ1) is 29.4. The molecule has 0 fully saturated rings. The van der Waals surface area contributed by atoms with E-state index >= 15 is 0 Å². The molecule has 0 amide bonds. The number of thiophene rings is 1. The molecule has 6 nitrogen and oxygen atoms in total. The zero-order valence-electron chi connectivity index (χ0n) is 22.3. The number of rotatable bonds is 18. The molecule has 36 heavy (non-hydrogen) atoms. The van der Waals surface area contributed by atoms with Crippen LogP contribution in [0.1, 0.15) is 64.2 Å². The molecule has 0 saturated heterocycles. The molecule has 0 aliphatic heterocycles. The lowest BCUT2D eigenvalue weighted by Crippen LogP contribution is -2.42. The highest BCUT2D eigenvalue weighted by Gasteiger charge is 2.23. The first-order chi connectivity index (χ1) is 17.5. The summed E-state index contributed by atoms with van der Waals surface area (Å²) in [6.07, 6.45) is 13.6. The Labute approximate surface area is 220 Å². The molecular formula is C28H43FN6S. The van der Waals surface area contributed by atoms with Gasteiger partial charge in [0, 0.05) is 36.6 Å². The van der Waals surface area contributed by atoms with Gasteiger partial charge in [0.15, 0.2) is 5.82 Å². The normalized spacial score (nSPS) is 12.8. The number of nitrogens with one attached hydrogen (secondary N) is 3. The van der Waals surface area contributed by atoms with Gasteiger partial charge in [-0.3, -0.25) is 0 Å². The van der Waals surface area contributed by atoms with Crippen molar-refractivity contribution in [2.75, 3.05) is 35.8 Å². The lowest BCUT2D eigenvalue weighted by Gasteiger charge is -2.34. The summed E-state index contributed by atoms with van der Waals surface area (Å²) >= 11 is 1.76. The maximum absolute atomic E-state index is 14.7. The summed E-state index contributed by atoms with van der Waals surface area (Å²) in [4.78, 5) is 13.1. The van der Waals surface area contributed by atoms with Crippen molar-refractivity contribution in [3.8, 4) is 0 Å². The van der Waals surface area contributed by atoms with Crippen molar-refractivity contribution in [1.82, 2.24) is 15.3 Å². The fourth-order valence-corrected chi connectivity index (χ4v) is 4.64. The van der Waals surface area contributed by atoms with E-state index in [1.807, 2.05) is 13.2 Å². The van der Waals surface area contributed by atoms with Gasteiger partial charge in [0.1, 0.15) is 5.83 Å². The Hall–Kier alpha value is -2.87. The van der Waals surface area contributed by atoms with Gasteiger partial charge in [0.25, 0.3) is 0 Å². The van der Waals surface area contributed by atoms with Crippen LogP contribution in [0.3, 0.4) is 0 Å². The predicted octanol–water partition coefficient (Wildman–Crippen LogP) is 7.28. The fraction of sp³-hybridized carbons (Fsp3) is 0.500. The minimum Gasteiger partial charge on any atom is -0.384 e. The molecule has 0 aromatic carbocycles. The van der Waals surface area contributed by atoms with Crippen LogP contribution >= 0.6 is 11.3 Å². The number of aromatic nitrogens is 2. The Morgan fingerprint density at radius 2 is 2.11 bits per heavy atom. The lowest BCUT2D eigenvalue weighted by molar-refractivity contribution is 0.475. The number of anilines is 3. The van der Waals surface area contributed by atoms with Gasteiger partial charge in [0.05, 0.1) is 18.6 Å². The van der Waals surface area contributed by atoms with E-state index in [4.69, 9.17) is 4.98 Å². The van der Waals surface area contributed by atoms with Crippen molar-refractivity contribution < 1.29 is 4.39 Å². The topological polar surface area (TPSA) is 65.1 Å². The van der Waals surface area contributed by atoms with E-state index in [-0.39, 0.29) is 18.3 Å². The first-order valence-corrected chi connectivity index (χ1v) is 13.9. The molecule has 0 aliphatic carbocycles. The maximum Gasteiger partial charge on any atom is 0.224 e. The van der Waals surface area contributed by atoms with Crippen LogP contribution in [0.4, 0.5) is 21.8 Å². The molecule has 3 N–H and O–H groups in total. The van der Waals surface area contributed by atoms with Gasteiger partial charge in [0.2, 0.25) is 5.95 Å². The molecule has 2 aromatic rings. The highest BCUT2D eigenvalue weighted by Crippen LogP contribution is 2.28. The Morgan fingerprint density at radius 1 is 1.28 bits per heavy atom. The van der Waals surface area contributed by atoms with Crippen LogP contribution in [-0.2, 0) is 6.42 Å². The number of hydrogen-bond donors (Lipinski definition) is 3. The molecule has 8 heteroatoms. The highest BCUT2D eigenvalue weighted by molar-refractivity contribution is 7.09. The van der Waals surface area contributed by atoms with E-state index in [0.717, 1.165) is 56.6 Å². The third-order valence-electron chi connectivity index (χ3n) is 5.99. The second kappa shape index (κ2) is 16.7. The number of halogens is 1. The molecule has 0 aliphatic rings. The summed E-state index contributed by atoms with van der Waals surface area (Å²) < 4.78 is 14.7. The molecule has 1 unspecified atom stereocenters. The van der Waals surface area contributed by atoms with Gasteiger partial charge in [-0.2, -0.15) is 4.98 Å². The van der Waals surface area contributed by atoms with Gasteiger partial charge in [-0.15, -0.1) is 11.3 Å². The van der Waals surface area contributed by atoms with Crippen LogP contribution in [-0.4, -0.2) is 36.3 Å². The first-order valence-electron chi connectivity index (χ1n) is 13.0. The third-order valence-corrected chi connectivity index (χ3v) is 6.93. The van der Waals surface area contributed by atoms with Crippen molar-refractivity contribution in [2.24, 2.45) is 0 Å².